The Balaban J connectivity index is 1.62. The average Bonchev–Trinajstić information content (AvgIpc) is 2.93. The number of allylic oxidation sites excluding steroid dienone is 3. The van der Waals surface area contributed by atoms with Crippen molar-refractivity contribution in [3.8, 4) is 11.5 Å². The second kappa shape index (κ2) is 10.5. The van der Waals surface area contributed by atoms with Gasteiger partial charge in [-0.25, -0.2) is 4.39 Å². The Kier molecular flexibility index (Phi) is 7.01. The van der Waals surface area contributed by atoms with Crippen molar-refractivity contribution in [1.29, 1.82) is 0 Å². The van der Waals surface area contributed by atoms with Crippen LogP contribution in [-0.2, 0) is 9.59 Å². The first-order valence-corrected chi connectivity index (χ1v) is 12.5. The lowest BCUT2D eigenvalue weighted by molar-refractivity contribution is -0.116. The fraction of sp³-hybridized carbons (Fsp3) is 0.226. The number of ether oxygens (including phenoxy) is 2. The summed E-state index contributed by atoms with van der Waals surface area (Å²) in [7, 11) is 3.10. The van der Waals surface area contributed by atoms with Gasteiger partial charge in [-0.3, -0.25) is 9.59 Å². The quantitative estimate of drug-likeness (QED) is 0.434. The molecule has 2 N–H and O–H groups in total. The summed E-state index contributed by atoms with van der Waals surface area (Å²) >= 11 is 0. The minimum absolute atomic E-state index is 0.0231. The molecule has 38 heavy (non-hydrogen) atoms. The fourth-order valence-corrected chi connectivity index (χ4v) is 5.42. The third-order valence-electron chi connectivity index (χ3n) is 7.22. The number of dihydropyridines is 1. The highest BCUT2D eigenvalue weighted by Gasteiger charge is 2.42. The van der Waals surface area contributed by atoms with Crippen LogP contribution in [0, 0.1) is 5.82 Å². The van der Waals surface area contributed by atoms with Crippen LogP contribution in [0.4, 0.5) is 10.1 Å². The highest BCUT2D eigenvalue weighted by molar-refractivity contribution is 6.10. The van der Waals surface area contributed by atoms with Crippen LogP contribution in [-0.4, -0.2) is 25.9 Å². The van der Waals surface area contributed by atoms with Crippen molar-refractivity contribution in [2.75, 3.05) is 19.5 Å². The molecule has 0 saturated heterocycles. The SMILES string of the molecule is COc1ccc(C2C(C(=O)Nc3ccccc3F)=C(C)NC3=C2C(=O)CC(c2ccccc2)C3)c(OC)c1. The maximum absolute atomic E-state index is 14.4. The molecule has 1 aliphatic carbocycles. The van der Waals surface area contributed by atoms with Gasteiger partial charge in [0.2, 0.25) is 0 Å². The average molecular weight is 513 g/mol. The molecule has 1 aliphatic heterocycles. The monoisotopic (exact) mass is 512 g/mol. The van der Waals surface area contributed by atoms with Gasteiger partial charge in [0.15, 0.2) is 5.78 Å². The van der Waals surface area contributed by atoms with Crippen LogP contribution >= 0.6 is 0 Å². The number of para-hydroxylation sites is 1. The first kappa shape index (κ1) is 25.3. The lowest BCUT2D eigenvalue weighted by Crippen LogP contribution is -2.37. The van der Waals surface area contributed by atoms with Crippen LogP contribution in [0.5, 0.6) is 11.5 Å². The van der Waals surface area contributed by atoms with Gasteiger partial charge in [0, 0.05) is 40.6 Å². The number of Topliss-reactive ketones (excluding diaryl/α,β-unsaturated/α-hetero) is 1. The van der Waals surface area contributed by atoms with Crippen molar-refractivity contribution in [3.63, 3.8) is 0 Å². The molecule has 0 saturated carbocycles. The molecule has 0 radical (unpaired) electrons. The smallest absolute Gasteiger partial charge is 0.254 e. The van der Waals surface area contributed by atoms with Gasteiger partial charge in [0.25, 0.3) is 5.91 Å². The molecule has 194 valence electrons. The third kappa shape index (κ3) is 4.67. The molecule has 2 atom stereocenters. The van der Waals surface area contributed by atoms with Gasteiger partial charge in [0.1, 0.15) is 17.3 Å². The van der Waals surface area contributed by atoms with E-state index in [2.05, 4.69) is 10.6 Å². The summed E-state index contributed by atoms with van der Waals surface area (Å²) in [5, 5.41) is 6.06. The number of amides is 1. The molecule has 1 amide bonds. The molecule has 6 nitrogen and oxygen atoms in total. The summed E-state index contributed by atoms with van der Waals surface area (Å²) in [5.41, 5.74) is 4.08. The van der Waals surface area contributed by atoms with E-state index in [0.717, 1.165) is 11.3 Å². The summed E-state index contributed by atoms with van der Waals surface area (Å²) in [5.74, 6) is -0.679. The Hall–Kier alpha value is -4.39. The Morgan fingerprint density at radius 1 is 0.974 bits per heavy atom. The summed E-state index contributed by atoms with van der Waals surface area (Å²) in [6, 6.07) is 21.3. The molecule has 2 aliphatic rings. The van der Waals surface area contributed by atoms with E-state index in [-0.39, 0.29) is 17.4 Å². The third-order valence-corrected chi connectivity index (χ3v) is 7.22. The van der Waals surface area contributed by atoms with Gasteiger partial charge in [-0.15, -0.1) is 0 Å². The Bertz CT molecular complexity index is 1460. The number of carbonyl (C=O) groups is 2. The molecule has 0 fully saturated rings. The first-order valence-electron chi connectivity index (χ1n) is 12.5. The van der Waals surface area contributed by atoms with E-state index in [1.165, 1.54) is 12.1 Å². The highest BCUT2D eigenvalue weighted by Crippen LogP contribution is 2.48. The molecule has 0 aromatic heterocycles. The first-order chi connectivity index (χ1) is 18.4. The number of ketones is 1. The van der Waals surface area contributed by atoms with Crippen molar-refractivity contribution in [3.05, 3.63) is 112 Å². The van der Waals surface area contributed by atoms with Crippen LogP contribution in [0.1, 0.15) is 42.7 Å². The highest BCUT2D eigenvalue weighted by atomic mass is 19.1. The molecular weight excluding hydrogens is 483 g/mol. The number of carbonyl (C=O) groups excluding carboxylic acids is 2. The van der Waals surface area contributed by atoms with Crippen molar-refractivity contribution in [2.24, 2.45) is 0 Å². The van der Waals surface area contributed by atoms with Crippen LogP contribution < -0.4 is 20.1 Å². The minimum atomic E-state index is -0.705. The number of methoxy groups -OCH3 is 2. The Labute approximate surface area is 221 Å². The lowest BCUT2D eigenvalue weighted by atomic mass is 9.71. The lowest BCUT2D eigenvalue weighted by Gasteiger charge is -2.37. The van der Waals surface area contributed by atoms with E-state index in [1.54, 1.807) is 45.4 Å². The summed E-state index contributed by atoms with van der Waals surface area (Å²) in [6.07, 6.45) is 0.945. The van der Waals surface area contributed by atoms with Gasteiger partial charge < -0.3 is 20.1 Å². The van der Waals surface area contributed by atoms with Crippen molar-refractivity contribution >= 4 is 17.4 Å². The molecule has 7 heteroatoms. The number of halogens is 1. The normalized spacial score (nSPS) is 19.0. The number of anilines is 1. The van der Waals surface area contributed by atoms with E-state index in [9.17, 15) is 14.0 Å². The van der Waals surface area contributed by atoms with Crippen molar-refractivity contribution in [1.82, 2.24) is 5.32 Å². The van der Waals surface area contributed by atoms with E-state index >= 15 is 0 Å². The molecular formula is C31H29FN2O4. The molecule has 2 unspecified atom stereocenters. The predicted molar refractivity (Wildman–Crippen MR) is 144 cm³/mol. The number of benzene rings is 3. The van der Waals surface area contributed by atoms with Gasteiger partial charge in [-0.1, -0.05) is 48.5 Å². The zero-order valence-electron chi connectivity index (χ0n) is 21.5. The van der Waals surface area contributed by atoms with Crippen LogP contribution in [0.15, 0.2) is 95.3 Å². The number of hydrogen-bond donors (Lipinski definition) is 2. The maximum atomic E-state index is 14.4. The second-order valence-electron chi connectivity index (χ2n) is 9.47. The van der Waals surface area contributed by atoms with E-state index in [1.807, 2.05) is 36.4 Å². The maximum Gasteiger partial charge on any atom is 0.254 e. The van der Waals surface area contributed by atoms with E-state index < -0.39 is 17.6 Å². The summed E-state index contributed by atoms with van der Waals surface area (Å²) in [4.78, 5) is 27.6. The van der Waals surface area contributed by atoms with Gasteiger partial charge in [-0.2, -0.15) is 0 Å². The zero-order chi connectivity index (χ0) is 26.8. The molecule has 3 aromatic rings. The van der Waals surface area contributed by atoms with Crippen molar-refractivity contribution in [2.45, 2.75) is 31.6 Å². The van der Waals surface area contributed by atoms with Crippen LogP contribution in [0.3, 0.4) is 0 Å². The van der Waals surface area contributed by atoms with Gasteiger partial charge in [0.05, 0.1) is 25.8 Å². The number of rotatable bonds is 6. The van der Waals surface area contributed by atoms with E-state index in [0.29, 0.717) is 46.7 Å². The molecule has 3 aromatic carbocycles. The van der Waals surface area contributed by atoms with Gasteiger partial charge in [-0.05, 0) is 43.0 Å². The van der Waals surface area contributed by atoms with Gasteiger partial charge >= 0.3 is 0 Å². The standard InChI is InChI=1S/C31H29FN2O4/c1-18-28(31(36)34-24-12-8-7-11-23(24)32)29(22-14-13-21(37-2)17-27(22)38-3)30-25(33-18)15-20(16-26(30)35)19-9-5-4-6-10-19/h4-14,17,20,29,33H,15-16H2,1-3H3,(H,34,36). The summed E-state index contributed by atoms with van der Waals surface area (Å²) < 4.78 is 25.5. The van der Waals surface area contributed by atoms with Crippen molar-refractivity contribution < 1.29 is 23.5 Å². The molecule has 0 spiro atoms. The summed E-state index contributed by atoms with van der Waals surface area (Å²) in [6.45, 7) is 1.81. The minimum Gasteiger partial charge on any atom is -0.497 e. The Morgan fingerprint density at radius 2 is 1.71 bits per heavy atom. The number of hydrogen-bond acceptors (Lipinski definition) is 5. The zero-order valence-corrected chi connectivity index (χ0v) is 21.5. The molecule has 1 heterocycles. The van der Waals surface area contributed by atoms with E-state index in [4.69, 9.17) is 9.47 Å². The van der Waals surface area contributed by atoms with Crippen LogP contribution in [0.25, 0.3) is 0 Å². The molecule has 5 rings (SSSR count). The predicted octanol–water partition coefficient (Wildman–Crippen LogP) is 5.84. The Morgan fingerprint density at radius 3 is 2.42 bits per heavy atom. The van der Waals surface area contributed by atoms with Crippen LogP contribution in [0.2, 0.25) is 0 Å². The largest absolute Gasteiger partial charge is 0.497 e. The number of nitrogens with one attached hydrogen (secondary N) is 2. The topological polar surface area (TPSA) is 76.7 Å². The second-order valence-corrected chi connectivity index (χ2v) is 9.47. The molecule has 0 bridgehead atoms. The fourth-order valence-electron chi connectivity index (χ4n) is 5.42.